The number of methoxy groups -OCH3 is 1. The van der Waals surface area contributed by atoms with Crippen LogP contribution in [0.2, 0.25) is 0 Å². The van der Waals surface area contributed by atoms with E-state index in [2.05, 4.69) is 0 Å². The molecular weight excluding hydrogens is 313 g/mol. The molecule has 0 radical (unpaired) electrons. The van der Waals surface area contributed by atoms with E-state index in [9.17, 15) is 14.3 Å². The van der Waals surface area contributed by atoms with Crippen LogP contribution in [0.4, 0.5) is 9.18 Å². The lowest BCUT2D eigenvalue weighted by atomic mass is 9.91. The highest BCUT2D eigenvalue weighted by Gasteiger charge is 2.33. The average molecular weight is 339 g/mol. The number of hydrogen-bond acceptors (Lipinski definition) is 3. The van der Waals surface area contributed by atoms with Gasteiger partial charge in [-0.1, -0.05) is 37.5 Å². The molecule has 0 bridgehead atoms. The summed E-state index contributed by atoms with van der Waals surface area (Å²) in [6.07, 6.45) is 4.21. The van der Waals surface area contributed by atoms with Crippen molar-refractivity contribution in [2.75, 3.05) is 20.5 Å². The Labute approximate surface area is 142 Å². The molecular formula is C18H26FNO4. The summed E-state index contributed by atoms with van der Waals surface area (Å²) in [7, 11) is 1.53. The largest absolute Gasteiger partial charge is 0.465 e. The van der Waals surface area contributed by atoms with Crippen molar-refractivity contribution in [3.8, 4) is 0 Å². The number of carbonyl (C=O) groups is 1. The van der Waals surface area contributed by atoms with Gasteiger partial charge in [-0.25, -0.2) is 9.18 Å². The van der Waals surface area contributed by atoms with Crippen molar-refractivity contribution in [3.63, 3.8) is 0 Å². The number of rotatable bonds is 8. The number of hydrogen-bond donors (Lipinski definition) is 1. The molecule has 1 aliphatic carbocycles. The van der Waals surface area contributed by atoms with E-state index in [1.807, 2.05) is 0 Å². The van der Waals surface area contributed by atoms with Gasteiger partial charge in [0.25, 0.3) is 0 Å². The Morgan fingerprint density at radius 3 is 2.67 bits per heavy atom. The molecule has 0 spiro atoms. The summed E-state index contributed by atoms with van der Waals surface area (Å²) in [6.45, 7) is 0.448. The summed E-state index contributed by atoms with van der Waals surface area (Å²) in [5.74, 6) is -0.378. The molecule has 1 fully saturated rings. The molecule has 0 aliphatic heterocycles. The van der Waals surface area contributed by atoms with Crippen LogP contribution >= 0.6 is 0 Å². The highest BCUT2D eigenvalue weighted by molar-refractivity contribution is 5.66. The van der Waals surface area contributed by atoms with Crippen LogP contribution in [0.15, 0.2) is 24.3 Å². The molecule has 5 nitrogen and oxygen atoms in total. The molecule has 1 aromatic rings. The Balaban J connectivity index is 2.23. The average Bonchev–Trinajstić information content (AvgIpc) is 2.59. The van der Waals surface area contributed by atoms with E-state index in [1.165, 1.54) is 18.1 Å². The molecule has 1 amide bonds. The fraction of sp³-hybridized carbons (Fsp3) is 0.611. The first-order valence-corrected chi connectivity index (χ1v) is 8.47. The van der Waals surface area contributed by atoms with Crippen LogP contribution in [0, 0.1) is 5.82 Å². The number of amides is 1. The van der Waals surface area contributed by atoms with E-state index in [1.54, 1.807) is 18.2 Å². The minimum Gasteiger partial charge on any atom is -0.465 e. The van der Waals surface area contributed by atoms with Crippen molar-refractivity contribution in [3.05, 3.63) is 35.6 Å². The van der Waals surface area contributed by atoms with Crippen LogP contribution in [0.1, 0.15) is 50.1 Å². The van der Waals surface area contributed by atoms with Gasteiger partial charge in [0.1, 0.15) is 12.6 Å². The van der Waals surface area contributed by atoms with Gasteiger partial charge in [-0.2, -0.15) is 0 Å². The molecule has 2 rings (SSSR count). The molecule has 1 aliphatic rings. The van der Waals surface area contributed by atoms with Crippen LogP contribution in [0.3, 0.4) is 0 Å². The second kappa shape index (κ2) is 9.59. The summed E-state index contributed by atoms with van der Waals surface area (Å²) in [5.41, 5.74) is 0.409. The van der Waals surface area contributed by atoms with Crippen molar-refractivity contribution < 1.29 is 23.8 Å². The zero-order valence-corrected chi connectivity index (χ0v) is 14.1. The van der Waals surface area contributed by atoms with Crippen LogP contribution in [-0.2, 0) is 9.47 Å². The molecule has 1 N–H and O–H groups in total. The third-order valence-electron chi connectivity index (χ3n) is 4.53. The Morgan fingerprint density at radius 1 is 1.33 bits per heavy atom. The van der Waals surface area contributed by atoms with E-state index in [0.717, 1.165) is 32.1 Å². The molecule has 24 heavy (non-hydrogen) atoms. The second-order valence-corrected chi connectivity index (χ2v) is 6.12. The number of halogens is 1. The SMILES string of the molecule is COCOCC[C@@H](c1ccccc1F)N(C(=O)O)C1CCCCC1. The fourth-order valence-corrected chi connectivity index (χ4v) is 3.43. The quantitative estimate of drug-likeness (QED) is 0.570. The minimum absolute atomic E-state index is 0.0664. The Bertz CT molecular complexity index is 519. The van der Waals surface area contributed by atoms with E-state index in [4.69, 9.17) is 9.47 Å². The number of ether oxygens (including phenoxy) is 2. The standard InChI is InChI=1S/C18H26FNO4/c1-23-13-24-12-11-17(15-9-5-6-10-16(15)19)20(18(21)22)14-7-3-2-4-8-14/h5-6,9-10,14,17H,2-4,7-8,11-13H2,1H3,(H,21,22)/t17-/m0/s1. The summed E-state index contributed by atoms with van der Waals surface area (Å²) in [4.78, 5) is 13.4. The van der Waals surface area contributed by atoms with E-state index in [0.29, 0.717) is 18.6 Å². The Morgan fingerprint density at radius 2 is 2.04 bits per heavy atom. The van der Waals surface area contributed by atoms with Crippen LogP contribution in [0.5, 0.6) is 0 Å². The van der Waals surface area contributed by atoms with Gasteiger partial charge in [0, 0.05) is 18.7 Å². The van der Waals surface area contributed by atoms with Gasteiger partial charge in [0.05, 0.1) is 12.6 Å². The topological polar surface area (TPSA) is 59.0 Å². The molecule has 1 aromatic carbocycles. The van der Waals surface area contributed by atoms with Gasteiger partial charge in [-0.3, -0.25) is 4.90 Å². The lowest BCUT2D eigenvalue weighted by Crippen LogP contribution is -2.43. The van der Waals surface area contributed by atoms with Gasteiger partial charge < -0.3 is 14.6 Å². The lowest BCUT2D eigenvalue weighted by Gasteiger charge is -2.38. The van der Waals surface area contributed by atoms with Gasteiger partial charge in [0.2, 0.25) is 0 Å². The first-order valence-electron chi connectivity index (χ1n) is 8.47. The molecule has 0 unspecified atom stereocenters. The predicted octanol–water partition coefficient (Wildman–Crippen LogP) is 4.19. The maximum absolute atomic E-state index is 14.3. The van der Waals surface area contributed by atoms with Gasteiger partial charge in [-0.05, 0) is 25.3 Å². The van der Waals surface area contributed by atoms with Gasteiger partial charge in [-0.15, -0.1) is 0 Å². The first kappa shape index (κ1) is 18.7. The molecule has 0 heterocycles. The monoisotopic (exact) mass is 339 g/mol. The zero-order valence-electron chi connectivity index (χ0n) is 14.1. The highest BCUT2D eigenvalue weighted by Crippen LogP contribution is 2.33. The summed E-state index contributed by atoms with van der Waals surface area (Å²) >= 11 is 0. The molecule has 0 aromatic heterocycles. The van der Waals surface area contributed by atoms with E-state index in [-0.39, 0.29) is 18.7 Å². The predicted molar refractivity (Wildman–Crippen MR) is 88.3 cm³/mol. The smallest absolute Gasteiger partial charge is 0.408 e. The number of nitrogens with zero attached hydrogens (tertiary/aromatic N) is 1. The summed E-state index contributed by atoms with van der Waals surface area (Å²) < 4.78 is 24.5. The molecule has 0 saturated heterocycles. The second-order valence-electron chi connectivity index (χ2n) is 6.12. The van der Waals surface area contributed by atoms with Crippen LogP contribution < -0.4 is 0 Å². The van der Waals surface area contributed by atoms with Crippen LogP contribution in [0.25, 0.3) is 0 Å². The molecule has 1 saturated carbocycles. The molecule has 6 heteroatoms. The Hall–Kier alpha value is -1.66. The summed E-state index contributed by atoms with van der Waals surface area (Å²) in [5, 5.41) is 9.79. The lowest BCUT2D eigenvalue weighted by molar-refractivity contribution is -0.0383. The van der Waals surface area contributed by atoms with Crippen molar-refractivity contribution in [1.29, 1.82) is 0 Å². The summed E-state index contributed by atoms with van der Waals surface area (Å²) in [6, 6.07) is 5.77. The maximum atomic E-state index is 14.3. The minimum atomic E-state index is -0.998. The third kappa shape index (κ3) is 4.92. The van der Waals surface area contributed by atoms with Crippen molar-refractivity contribution >= 4 is 6.09 Å². The first-order chi connectivity index (χ1) is 11.6. The number of carboxylic acid groups (broad SMARTS) is 1. The fourth-order valence-electron chi connectivity index (χ4n) is 3.43. The third-order valence-corrected chi connectivity index (χ3v) is 4.53. The van der Waals surface area contributed by atoms with Crippen LogP contribution in [-0.4, -0.2) is 42.7 Å². The van der Waals surface area contributed by atoms with E-state index >= 15 is 0 Å². The number of benzene rings is 1. The van der Waals surface area contributed by atoms with Crippen molar-refractivity contribution in [2.45, 2.75) is 50.6 Å². The maximum Gasteiger partial charge on any atom is 0.408 e. The zero-order chi connectivity index (χ0) is 17.4. The Kier molecular flexibility index (Phi) is 7.46. The van der Waals surface area contributed by atoms with Gasteiger partial charge in [0.15, 0.2) is 0 Å². The molecule has 134 valence electrons. The van der Waals surface area contributed by atoms with E-state index < -0.39 is 12.1 Å². The normalized spacial score (nSPS) is 16.8. The van der Waals surface area contributed by atoms with Gasteiger partial charge >= 0.3 is 6.09 Å². The highest BCUT2D eigenvalue weighted by atomic mass is 19.1. The van der Waals surface area contributed by atoms with Crippen molar-refractivity contribution in [1.82, 2.24) is 4.90 Å². The van der Waals surface area contributed by atoms with Crippen molar-refractivity contribution in [2.24, 2.45) is 0 Å². The molecule has 1 atom stereocenters.